The third-order valence-electron chi connectivity index (χ3n) is 1.69. The molecular formula is C8H14N4O2. The van der Waals surface area contributed by atoms with Gasteiger partial charge in [-0.25, -0.2) is 4.98 Å². The van der Waals surface area contributed by atoms with Gasteiger partial charge in [0.15, 0.2) is 5.78 Å². The van der Waals surface area contributed by atoms with Crippen LogP contribution in [0.4, 0.5) is 0 Å². The molecule has 6 heteroatoms. The molecule has 0 aliphatic heterocycles. The minimum absolute atomic E-state index is 0.0189. The third kappa shape index (κ3) is 3.23. The first kappa shape index (κ1) is 10.8. The minimum Gasteiger partial charge on any atom is -0.372 e. The second-order valence-corrected chi connectivity index (χ2v) is 2.86. The van der Waals surface area contributed by atoms with Crippen molar-refractivity contribution in [3.8, 4) is 0 Å². The van der Waals surface area contributed by atoms with Crippen LogP contribution in [-0.2, 0) is 23.0 Å². The van der Waals surface area contributed by atoms with E-state index in [0.717, 1.165) is 0 Å². The van der Waals surface area contributed by atoms with E-state index in [2.05, 4.69) is 10.1 Å². The summed E-state index contributed by atoms with van der Waals surface area (Å²) in [5.74, 6) is 0.626. The van der Waals surface area contributed by atoms with E-state index in [9.17, 15) is 4.79 Å². The lowest BCUT2D eigenvalue weighted by Crippen LogP contribution is -2.17. The van der Waals surface area contributed by atoms with Gasteiger partial charge in [-0.1, -0.05) is 0 Å². The van der Waals surface area contributed by atoms with E-state index in [1.807, 2.05) is 0 Å². The van der Waals surface area contributed by atoms with Crippen molar-refractivity contribution < 1.29 is 9.53 Å². The summed E-state index contributed by atoms with van der Waals surface area (Å²) >= 11 is 0. The molecule has 0 aliphatic rings. The summed E-state index contributed by atoms with van der Waals surface area (Å²) in [7, 11) is 1.75. The first-order valence-electron chi connectivity index (χ1n) is 4.36. The zero-order valence-electron chi connectivity index (χ0n) is 8.14. The van der Waals surface area contributed by atoms with Gasteiger partial charge in [0.2, 0.25) is 0 Å². The number of aryl methyl sites for hydroxylation is 1. The number of carbonyl (C=O) groups is 1. The van der Waals surface area contributed by atoms with Crippen molar-refractivity contribution in [1.82, 2.24) is 14.8 Å². The maximum absolute atomic E-state index is 11.3. The molecule has 1 heterocycles. The predicted octanol–water partition coefficient (Wildman–Crippen LogP) is -1.10. The molecule has 0 atom stereocenters. The lowest BCUT2D eigenvalue weighted by molar-refractivity contribution is -0.122. The molecular weight excluding hydrogens is 184 g/mol. The fourth-order valence-electron chi connectivity index (χ4n) is 0.977. The molecule has 2 N–H and O–H groups in total. The first-order valence-corrected chi connectivity index (χ1v) is 4.36. The maximum Gasteiger partial charge on any atom is 0.166 e. The first-order chi connectivity index (χ1) is 6.74. The molecule has 0 spiro atoms. The lowest BCUT2D eigenvalue weighted by Gasteiger charge is -2.01. The van der Waals surface area contributed by atoms with Crippen molar-refractivity contribution in [1.29, 1.82) is 0 Å². The number of ketones is 1. The average Bonchev–Trinajstić information content (AvgIpc) is 2.52. The molecule has 1 rings (SSSR count). The molecule has 0 bridgehead atoms. The van der Waals surface area contributed by atoms with E-state index >= 15 is 0 Å². The summed E-state index contributed by atoms with van der Waals surface area (Å²) in [5.41, 5.74) is 5.21. The molecule has 1 aromatic rings. The number of carbonyl (C=O) groups excluding carboxylic acids is 1. The number of rotatable bonds is 6. The molecule has 6 nitrogen and oxygen atoms in total. The van der Waals surface area contributed by atoms with E-state index in [-0.39, 0.29) is 18.8 Å². The molecule has 0 amide bonds. The van der Waals surface area contributed by atoms with Gasteiger partial charge in [0.25, 0.3) is 0 Å². The van der Waals surface area contributed by atoms with Crippen LogP contribution < -0.4 is 5.73 Å². The van der Waals surface area contributed by atoms with Crippen LogP contribution >= 0.6 is 0 Å². The Hall–Kier alpha value is -1.27. The van der Waals surface area contributed by atoms with Gasteiger partial charge in [0.05, 0.1) is 13.0 Å². The van der Waals surface area contributed by atoms with Crippen molar-refractivity contribution in [2.45, 2.75) is 6.42 Å². The highest BCUT2D eigenvalue weighted by atomic mass is 16.5. The van der Waals surface area contributed by atoms with Gasteiger partial charge in [0, 0.05) is 13.6 Å². The van der Waals surface area contributed by atoms with Crippen LogP contribution in [0.15, 0.2) is 6.33 Å². The molecule has 14 heavy (non-hydrogen) atoms. The second-order valence-electron chi connectivity index (χ2n) is 2.86. The number of nitrogens with zero attached hydrogens (tertiary/aromatic N) is 3. The highest BCUT2D eigenvalue weighted by Crippen LogP contribution is 1.93. The number of ether oxygens (including phenoxy) is 1. The van der Waals surface area contributed by atoms with Crippen LogP contribution in [0.2, 0.25) is 0 Å². The quantitative estimate of drug-likeness (QED) is 0.587. The highest BCUT2D eigenvalue weighted by Gasteiger charge is 2.07. The van der Waals surface area contributed by atoms with Crippen LogP contribution in [0.5, 0.6) is 0 Å². The van der Waals surface area contributed by atoms with Gasteiger partial charge in [-0.05, 0) is 0 Å². The van der Waals surface area contributed by atoms with Gasteiger partial charge < -0.3 is 10.5 Å². The summed E-state index contributed by atoms with van der Waals surface area (Å²) in [6.45, 7) is 0.922. The van der Waals surface area contributed by atoms with Crippen molar-refractivity contribution in [3.63, 3.8) is 0 Å². The Labute approximate surface area is 82.1 Å². The van der Waals surface area contributed by atoms with Gasteiger partial charge in [-0.3, -0.25) is 9.48 Å². The molecule has 0 unspecified atom stereocenters. The zero-order chi connectivity index (χ0) is 10.4. The Kier molecular flexibility index (Phi) is 4.21. The van der Waals surface area contributed by atoms with Gasteiger partial charge in [-0.15, -0.1) is 0 Å². The Balaban J connectivity index is 2.31. The van der Waals surface area contributed by atoms with Crippen LogP contribution in [0.1, 0.15) is 5.82 Å². The molecule has 78 valence electrons. The Morgan fingerprint density at radius 3 is 3.07 bits per heavy atom. The largest absolute Gasteiger partial charge is 0.372 e. The SMILES string of the molecule is Cn1ncnc1CC(=O)COCCN. The molecule has 1 aromatic heterocycles. The summed E-state index contributed by atoms with van der Waals surface area (Å²) in [5, 5.41) is 3.86. The van der Waals surface area contributed by atoms with E-state index in [4.69, 9.17) is 10.5 Å². The van der Waals surface area contributed by atoms with E-state index in [0.29, 0.717) is 19.0 Å². The van der Waals surface area contributed by atoms with E-state index < -0.39 is 0 Å². The number of Topliss-reactive ketones (excluding diaryl/α,β-unsaturated/α-hetero) is 1. The maximum atomic E-state index is 11.3. The summed E-state index contributed by atoms with van der Waals surface area (Å²) in [6, 6.07) is 0. The van der Waals surface area contributed by atoms with Crippen LogP contribution in [0.3, 0.4) is 0 Å². The molecule has 0 radical (unpaired) electrons. The van der Waals surface area contributed by atoms with Crippen molar-refractivity contribution in [2.75, 3.05) is 19.8 Å². The highest BCUT2D eigenvalue weighted by molar-refractivity contribution is 5.81. The number of nitrogens with two attached hydrogens (primary N) is 1. The average molecular weight is 198 g/mol. The van der Waals surface area contributed by atoms with Gasteiger partial charge in [0.1, 0.15) is 18.8 Å². The summed E-state index contributed by atoms with van der Waals surface area (Å²) in [6.07, 6.45) is 1.67. The Morgan fingerprint density at radius 2 is 2.50 bits per heavy atom. The minimum atomic E-state index is -0.0189. The molecule has 0 aromatic carbocycles. The van der Waals surface area contributed by atoms with Crippen molar-refractivity contribution in [3.05, 3.63) is 12.2 Å². The monoisotopic (exact) mass is 198 g/mol. The fraction of sp³-hybridized carbons (Fsp3) is 0.625. The van der Waals surface area contributed by atoms with Crippen LogP contribution in [0.25, 0.3) is 0 Å². The van der Waals surface area contributed by atoms with E-state index in [1.165, 1.54) is 6.33 Å². The smallest absolute Gasteiger partial charge is 0.166 e. The van der Waals surface area contributed by atoms with Gasteiger partial charge >= 0.3 is 0 Å². The summed E-state index contributed by atoms with van der Waals surface area (Å²) < 4.78 is 6.57. The lowest BCUT2D eigenvalue weighted by atomic mass is 10.3. The normalized spacial score (nSPS) is 10.4. The van der Waals surface area contributed by atoms with Crippen molar-refractivity contribution >= 4 is 5.78 Å². The molecule has 0 fully saturated rings. The van der Waals surface area contributed by atoms with Gasteiger partial charge in [-0.2, -0.15) is 5.10 Å². The Morgan fingerprint density at radius 1 is 1.71 bits per heavy atom. The number of hydrogen-bond acceptors (Lipinski definition) is 5. The third-order valence-corrected chi connectivity index (χ3v) is 1.69. The van der Waals surface area contributed by atoms with Crippen LogP contribution in [-0.4, -0.2) is 40.3 Å². The fourth-order valence-corrected chi connectivity index (χ4v) is 0.977. The number of hydrogen-bond donors (Lipinski definition) is 1. The number of aromatic nitrogens is 3. The molecule has 0 saturated carbocycles. The molecule has 0 saturated heterocycles. The second kappa shape index (κ2) is 5.46. The topological polar surface area (TPSA) is 83.0 Å². The predicted molar refractivity (Wildman–Crippen MR) is 49.6 cm³/mol. The zero-order valence-corrected chi connectivity index (χ0v) is 8.14. The summed E-state index contributed by atoms with van der Waals surface area (Å²) in [4.78, 5) is 15.2. The standard InChI is InChI=1S/C8H14N4O2/c1-12-8(10-6-11-12)4-7(13)5-14-3-2-9/h6H,2-5,9H2,1H3. The van der Waals surface area contributed by atoms with Crippen LogP contribution in [0, 0.1) is 0 Å². The van der Waals surface area contributed by atoms with E-state index in [1.54, 1.807) is 11.7 Å². The molecule has 0 aliphatic carbocycles. The van der Waals surface area contributed by atoms with Crippen molar-refractivity contribution in [2.24, 2.45) is 12.8 Å². The Bertz CT molecular complexity index is 297.